The topological polar surface area (TPSA) is 49.4 Å². The Morgan fingerprint density at radius 3 is 2.40 bits per heavy atom. The number of piperazine rings is 1. The van der Waals surface area contributed by atoms with Gasteiger partial charge in [0.15, 0.2) is 0 Å². The zero-order valence-corrected chi connectivity index (χ0v) is 12.3. The maximum atomic E-state index is 12.7. The van der Waals surface area contributed by atoms with Crippen molar-refractivity contribution < 1.29 is 9.59 Å². The number of hydrogen-bond donors (Lipinski definition) is 1. The summed E-state index contributed by atoms with van der Waals surface area (Å²) in [4.78, 5) is 26.7. The molecule has 0 spiro atoms. The van der Waals surface area contributed by atoms with Gasteiger partial charge in [-0.15, -0.1) is 0 Å². The van der Waals surface area contributed by atoms with Crippen molar-refractivity contribution in [3.05, 3.63) is 30.3 Å². The Hall–Kier alpha value is -1.84. The van der Waals surface area contributed by atoms with Crippen molar-refractivity contribution in [2.45, 2.75) is 45.7 Å². The van der Waals surface area contributed by atoms with Crippen molar-refractivity contribution in [3.8, 4) is 0 Å². The molecular weight excluding hydrogens is 252 g/mol. The monoisotopic (exact) mass is 274 g/mol. The van der Waals surface area contributed by atoms with Crippen LogP contribution in [0.25, 0.3) is 0 Å². The van der Waals surface area contributed by atoms with Gasteiger partial charge in [0.05, 0.1) is 0 Å². The van der Waals surface area contributed by atoms with E-state index in [4.69, 9.17) is 0 Å². The van der Waals surface area contributed by atoms with Gasteiger partial charge in [-0.25, -0.2) is 0 Å². The molecule has 1 fully saturated rings. The van der Waals surface area contributed by atoms with Crippen LogP contribution in [0.3, 0.4) is 0 Å². The first-order valence-electron chi connectivity index (χ1n) is 7.24. The van der Waals surface area contributed by atoms with Crippen LogP contribution >= 0.6 is 0 Å². The summed E-state index contributed by atoms with van der Waals surface area (Å²) in [5.74, 6) is 0.0139. The largest absolute Gasteiger partial charge is 0.342 e. The van der Waals surface area contributed by atoms with Crippen molar-refractivity contribution in [1.82, 2.24) is 5.32 Å². The third-order valence-electron chi connectivity index (χ3n) is 3.64. The number of rotatable bonds is 4. The third kappa shape index (κ3) is 2.69. The zero-order valence-electron chi connectivity index (χ0n) is 12.3. The fraction of sp³-hybridized carbons (Fsp3) is 0.500. The van der Waals surface area contributed by atoms with Crippen molar-refractivity contribution in [3.63, 3.8) is 0 Å². The van der Waals surface area contributed by atoms with Gasteiger partial charge in [0.25, 0.3) is 0 Å². The highest BCUT2D eigenvalue weighted by molar-refractivity contribution is 6.08. The smallest absolute Gasteiger partial charge is 0.250 e. The second-order valence-corrected chi connectivity index (χ2v) is 5.58. The van der Waals surface area contributed by atoms with Gasteiger partial charge in [-0.05, 0) is 24.5 Å². The molecule has 1 aromatic carbocycles. The quantitative estimate of drug-likeness (QED) is 0.916. The Morgan fingerprint density at radius 1 is 1.20 bits per heavy atom. The predicted octanol–water partition coefficient (Wildman–Crippen LogP) is 2.34. The fourth-order valence-electron chi connectivity index (χ4n) is 2.70. The van der Waals surface area contributed by atoms with Gasteiger partial charge in [-0.3, -0.25) is 14.5 Å². The third-order valence-corrected chi connectivity index (χ3v) is 3.64. The molecule has 1 aliphatic heterocycles. The Kier molecular flexibility index (Phi) is 4.42. The summed E-state index contributed by atoms with van der Waals surface area (Å²) in [5, 5.41) is 2.87. The molecule has 0 bridgehead atoms. The van der Waals surface area contributed by atoms with Crippen molar-refractivity contribution >= 4 is 17.5 Å². The lowest BCUT2D eigenvalue weighted by Gasteiger charge is -2.40. The van der Waals surface area contributed by atoms with Crippen LogP contribution in [0.5, 0.6) is 0 Å². The molecule has 4 heteroatoms. The normalized spacial score (nSPS) is 23.1. The summed E-state index contributed by atoms with van der Waals surface area (Å²) < 4.78 is 0. The van der Waals surface area contributed by atoms with E-state index in [9.17, 15) is 9.59 Å². The number of nitrogens with one attached hydrogen (secondary N) is 1. The van der Waals surface area contributed by atoms with Crippen LogP contribution in [0.4, 0.5) is 5.69 Å². The lowest BCUT2D eigenvalue weighted by molar-refractivity contribution is -0.135. The first-order valence-corrected chi connectivity index (χ1v) is 7.24. The number of anilines is 1. The molecule has 2 atom stereocenters. The molecule has 0 aliphatic carbocycles. The number of para-hydroxylation sites is 1. The van der Waals surface area contributed by atoms with E-state index in [-0.39, 0.29) is 17.7 Å². The number of carbonyl (C=O) groups is 2. The van der Waals surface area contributed by atoms with Crippen molar-refractivity contribution in [2.24, 2.45) is 5.92 Å². The highest BCUT2D eigenvalue weighted by atomic mass is 16.2. The van der Waals surface area contributed by atoms with E-state index in [1.165, 1.54) is 0 Å². The molecule has 2 amide bonds. The minimum atomic E-state index is -0.432. The van der Waals surface area contributed by atoms with Crippen LogP contribution in [0, 0.1) is 5.92 Å². The van der Waals surface area contributed by atoms with E-state index in [1.807, 2.05) is 51.1 Å². The van der Waals surface area contributed by atoms with Gasteiger partial charge in [0, 0.05) is 5.69 Å². The summed E-state index contributed by atoms with van der Waals surface area (Å²) in [6.45, 7) is 5.95. The molecule has 0 aromatic heterocycles. The molecule has 2 unspecified atom stereocenters. The zero-order chi connectivity index (χ0) is 14.7. The maximum absolute atomic E-state index is 12.7. The molecule has 4 nitrogen and oxygen atoms in total. The molecule has 1 aliphatic rings. The molecule has 0 saturated carbocycles. The molecule has 1 aromatic rings. The van der Waals surface area contributed by atoms with Crippen LogP contribution in [0.1, 0.15) is 33.6 Å². The highest BCUT2D eigenvalue weighted by Crippen LogP contribution is 2.26. The van der Waals surface area contributed by atoms with E-state index in [1.54, 1.807) is 4.90 Å². The Bertz CT molecular complexity index is 485. The van der Waals surface area contributed by atoms with Crippen LogP contribution in [-0.2, 0) is 9.59 Å². The second kappa shape index (κ2) is 6.07. The lowest BCUT2D eigenvalue weighted by atomic mass is 9.95. The molecular formula is C16H22N2O2. The van der Waals surface area contributed by atoms with E-state index in [0.717, 1.165) is 12.1 Å². The SMILES string of the molecule is CCCC1NC(=O)C(C(C)C)N(c2ccccc2)C1=O. The van der Waals surface area contributed by atoms with Gasteiger partial charge >= 0.3 is 0 Å². The lowest BCUT2D eigenvalue weighted by Crippen LogP contribution is -2.65. The molecule has 0 radical (unpaired) electrons. The van der Waals surface area contributed by atoms with E-state index in [2.05, 4.69) is 5.32 Å². The summed E-state index contributed by atoms with van der Waals surface area (Å²) in [5.41, 5.74) is 0.798. The Morgan fingerprint density at radius 2 is 1.85 bits per heavy atom. The van der Waals surface area contributed by atoms with Gasteiger partial charge in [0.1, 0.15) is 12.1 Å². The molecule has 20 heavy (non-hydrogen) atoms. The standard InChI is InChI=1S/C16H22N2O2/c1-4-8-13-16(20)18(12-9-6-5-7-10-12)14(11(2)3)15(19)17-13/h5-7,9-11,13-14H,4,8H2,1-3H3,(H,17,19). The van der Waals surface area contributed by atoms with Crippen LogP contribution in [-0.4, -0.2) is 23.9 Å². The number of nitrogens with zero attached hydrogens (tertiary/aromatic N) is 1. The minimum Gasteiger partial charge on any atom is -0.342 e. The molecule has 1 heterocycles. The summed E-state index contributed by atoms with van der Waals surface area (Å²) in [6, 6.07) is 8.62. The summed E-state index contributed by atoms with van der Waals surface area (Å²) in [7, 11) is 0. The van der Waals surface area contributed by atoms with Gasteiger partial charge in [-0.2, -0.15) is 0 Å². The molecule has 108 valence electrons. The van der Waals surface area contributed by atoms with Crippen molar-refractivity contribution in [1.29, 1.82) is 0 Å². The van der Waals surface area contributed by atoms with E-state index < -0.39 is 12.1 Å². The summed E-state index contributed by atoms with van der Waals surface area (Å²) >= 11 is 0. The van der Waals surface area contributed by atoms with Gasteiger partial charge in [-0.1, -0.05) is 45.4 Å². The predicted molar refractivity (Wildman–Crippen MR) is 79.4 cm³/mol. The summed E-state index contributed by atoms with van der Waals surface area (Å²) in [6.07, 6.45) is 1.55. The maximum Gasteiger partial charge on any atom is 0.250 e. The second-order valence-electron chi connectivity index (χ2n) is 5.58. The van der Waals surface area contributed by atoms with Gasteiger partial charge in [0.2, 0.25) is 11.8 Å². The number of benzene rings is 1. The molecule has 2 rings (SSSR count). The van der Waals surface area contributed by atoms with E-state index in [0.29, 0.717) is 6.42 Å². The van der Waals surface area contributed by atoms with E-state index >= 15 is 0 Å². The minimum absolute atomic E-state index is 0.00338. The number of carbonyl (C=O) groups excluding carboxylic acids is 2. The Balaban J connectivity index is 2.39. The first kappa shape index (κ1) is 14.6. The first-order chi connectivity index (χ1) is 9.56. The van der Waals surface area contributed by atoms with Crippen LogP contribution in [0.2, 0.25) is 0 Å². The van der Waals surface area contributed by atoms with Crippen molar-refractivity contribution in [2.75, 3.05) is 4.90 Å². The van der Waals surface area contributed by atoms with Gasteiger partial charge < -0.3 is 5.32 Å². The molecule has 1 saturated heterocycles. The van der Waals surface area contributed by atoms with Crippen LogP contribution < -0.4 is 10.2 Å². The van der Waals surface area contributed by atoms with Crippen LogP contribution in [0.15, 0.2) is 30.3 Å². The fourth-order valence-corrected chi connectivity index (χ4v) is 2.70. The number of hydrogen-bond acceptors (Lipinski definition) is 2. The number of amides is 2. The average Bonchev–Trinajstić information content (AvgIpc) is 2.43. The molecule has 1 N–H and O–H groups in total. The Labute approximate surface area is 120 Å². The average molecular weight is 274 g/mol. The highest BCUT2D eigenvalue weighted by Gasteiger charge is 2.42.